The van der Waals surface area contributed by atoms with Gasteiger partial charge in [-0.1, -0.05) is 12.1 Å². The van der Waals surface area contributed by atoms with Crippen LogP contribution >= 0.6 is 0 Å². The van der Waals surface area contributed by atoms with E-state index >= 15 is 0 Å². The number of hydrogen-bond donors (Lipinski definition) is 1. The van der Waals surface area contributed by atoms with Gasteiger partial charge in [0.1, 0.15) is 17.7 Å². The number of esters is 1. The lowest BCUT2D eigenvalue weighted by Crippen LogP contribution is -2.02. The Hall–Kier alpha value is -2.76. The molecule has 3 aromatic rings. The van der Waals surface area contributed by atoms with Gasteiger partial charge < -0.3 is 9.72 Å². The van der Waals surface area contributed by atoms with Crippen molar-refractivity contribution in [1.82, 2.24) is 19.9 Å². The summed E-state index contributed by atoms with van der Waals surface area (Å²) in [7, 11) is 1.37. The van der Waals surface area contributed by atoms with Gasteiger partial charge in [-0.05, 0) is 17.7 Å². The fourth-order valence-corrected chi connectivity index (χ4v) is 2.01. The number of nitrogens with one attached hydrogen (secondary N) is 1. The molecule has 3 rings (SSSR count). The summed E-state index contributed by atoms with van der Waals surface area (Å²) < 4.78 is 4.71. The smallest absolute Gasteiger partial charge is 0.337 e. The first-order chi connectivity index (χ1) is 9.76. The van der Waals surface area contributed by atoms with Crippen molar-refractivity contribution in [2.24, 2.45) is 0 Å². The average Bonchev–Trinajstić information content (AvgIpc) is 2.88. The highest BCUT2D eigenvalue weighted by molar-refractivity contribution is 5.89. The molecule has 1 N–H and O–H groups in total. The van der Waals surface area contributed by atoms with Gasteiger partial charge in [-0.2, -0.15) is 0 Å². The van der Waals surface area contributed by atoms with Gasteiger partial charge in [0.25, 0.3) is 0 Å². The summed E-state index contributed by atoms with van der Waals surface area (Å²) in [6.45, 7) is 0. The van der Waals surface area contributed by atoms with E-state index in [1.807, 2.05) is 12.1 Å². The Morgan fingerprint density at radius 1 is 1.40 bits per heavy atom. The number of benzene rings is 1. The van der Waals surface area contributed by atoms with E-state index in [1.165, 1.54) is 13.4 Å². The first-order valence-electron chi connectivity index (χ1n) is 6.08. The number of imidazole rings is 1. The molecular formula is C14H12N4O2. The fraction of sp³-hybridized carbons (Fsp3) is 0.143. The third-order valence-corrected chi connectivity index (χ3v) is 2.93. The zero-order chi connectivity index (χ0) is 13.9. The number of rotatable bonds is 3. The van der Waals surface area contributed by atoms with Crippen LogP contribution in [0.1, 0.15) is 21.7 Å². The number of aromatic amines is 1. The van der Waals surface area contributed by atoms with Crippen LogP contribution in [0.3, 0.4) is 0 Å². The second-order valence-corrected chi connectivity index (χ2v) is 4.31. The van der Waals surface area contributed by atoms with E-state index in [4.69, 9.17) is 4.74 Å². The summed E-state index contributed by atoms with van der Waals surface area (Å²) >= 11 is 0. The normalized spacial score (nSPS) is 10.7. The van der Waals surface area contributed by atoms with Crippen LogP contribution in [0.2, 0.25) is 0 Å². The third kappa shape index (κ3) is 2.35. The number of carbonyl (C=O) groups excluding carboxylic acids is 1. The lowest BCUT2D eigenvalue weighted by atomic mass is 10.1. The summed E-state index contributed by atoms with van der Waals surface area (Å²) in [6, 6.07) is 7.28. The number of H-pyrrole nitrogens is 1. The van der Waals surface area contributed by atoms with E-state index in [0.717, 1.165) is 16.9 Å². The molecule has 2 heterocycles. The molecule has 0 unspecified atom stereocenters. The second-order valence-electron chi connectivity index (χ2n) is 4.31. The number of fused-ring (bicyclic) bond motifs is 1. The molecule has 0 saturated heterocycles. The Bertz CT molecular complexity index is 733. The monoisotopic (exact) mass is 268 g/mol. The van der Waals surface area contributed by atoms with E-state index in [0.29, 0.717) is 17.6 Å². The summed E-state index contributed by atoms with van der Waals surface area (Å²) in [5.74, 6) is 0.435. The van der Waals surface area contributed by atoms with Crippen LogP contribution in [0.15, 0.2) is 36.8 Å². The van der Waals surface area contributed by atoms with Gasteiger partial charge in [0, 0.05) is 6.42 Å². The molecular weight excluding hydrogens is 256 g/mol. The molecule has 0 aliphatic carbocycles. The molecule has 6 nitrogen and oxygen atoms in total. The average molecular weight is 268 g/mol. The lowest BCUT2D eigenvalue weighted by molar-refractivity contribution is 0.0600. The molecule has 0 amide bonds. The molecule has 0 radical (unpaired) electrons. The number of carbonyl (C=O) groups is 1. The van der Waals surface area contributed by atoms with Crippen LogP contribution in [0.25, 0.3) is 11.2 Å². The Labute approximate surface area is 114 Å². The van der Waals surface area contributed by atoms with Crippen molar-refractivity contribution in [2.75, 3.05) is 7.11 Å². The molecule has 100 valence electrons. The van der Waals surface area contributed by atoms with Crippen molar-refractivity contribution < 1.29 is 9.53 Å². The van der Waals surface area contributed by atoms with Gasteiger partial charge in [0.2, 0.25) is 0 Å². The Morgan fingerprint density at radius 2 is 2.30 bits per heavy atom. The van der Waals surface area contributed by atoms with Gasteiger partial charge >= 0.3 is 5.97 Å². The highest BCUT2D eigenvalue weighted by atomic mass is 16.5. The van der Waals surface area contributed by atoms with Crippen molar-refractivity contribution >= 4 is 17.1 Å². The number of methoxy groups -OCH3 is 1. The van der Waals surface area contributed by atoms with Crippen molar-refractivity contribution in [3.05, 3.63) is 53.7 Å². The maximum absolute atomic E-state index is 11.5. The number of nitrogens with zero attached hydrogens (tertiary/aromatic N) is 3. The standard InChI is InChI=1S/C14H12N4O2/c1-20-14(19)10-4-2-3-9(5-10)6-12-17-11-7-15-8-16-13(11)18-12/h2-5,7-8H,6H2,1H3,(H,15,16,17,18). The van der Waals surface area contributed by atoms with Crippen LogP contribution in [0.4, 0.5) is 0 Å². The zero-order valence-electron chi connectivity index (χ0n) is 10.8. The molecule has 0 atom stereocenters. The minimum atomic E-state index is -0.345. The molecule has 20 heavy (non-hydrogen) atoms. The van der Waals surface area contributed by atoms with Crippen LogP contribution in [-0.2, 0) is 11.2 Å². The Kier molecular flexibility index (Phi) is 3.12. The number of hydrogen-bond acceptors (Lipinski definition) is 5. The third-order valence-electron chi connectivity index (χ3n) is 2.93. The number of aromatic nitrogens is 4. The molecule has 0 fully saturated rings. The van der Waals surface area contributed by atoms with Gasteiger partial charge in [-0.3, -0.25) is 0 Å². The highest BCUT2D eigenvalue weighted by Gasteiger charge is 2.08. The fourth-order valence-electron chi connectivity index (χ4n) is 2.01. The van der Waals surface area contributed by atoms with Gasteiger partial charge in [-0.25, -0.2) is 19.7 Å². The van der Waals surface area contributed by atoms with E-state index in [1.54, 1.807) is 18.3 Å². The van der Waals surface area contributed by atoms with Crippen LogP contribution in [-0.4, -0.2) is 33.0 Å². The SMILES string of the molecule is COC(=O)c1cccc(Cc2nc3ncncc3[nH]2)c1. The highest BCUT2D eigenvalue weighted by Crippen LogP contribution is 2.13. The summed E-state index contributed by atoms with van der Waals surface area (Å²) in [4.78, 5) is 27.0. The zero-order valence-corrected chi connectivity index (χ0v) is 10.8. The van der Waals surface area contributed by atoms with E-state index in [2.05, 4.69) is 19.9 Å². The van der Waals surface area contributed by atoms with E-state index in [9.17, 15) is 4.79 Å². The predicted molar refractivity (Wildman–Crippen MR) is 72.3 cm³/mol. The molecule has 0 bridgehead atoms. The molecule has 0 aliphatic rings. The largest absolute Gasteiger partial charge is 0.465 e. The van der Waals surface area contributed by atoms with Crippen molar-refractivity contribution in [3.63, 3.8) is 0 Å². The van der Waals surface area contributed by atoms with Crippen LogP contribution in [0, 0.1) is 0 Å². The molecule has 2 aromatic heterocycles. The predicted octanol–water partition coefficient (Wildman–Crippen LogP) is 1.73. The van der Waals surface area contributed by atoms with E-state index < -0.39 is 0 Å². The molecule has 0 spiro atoms. The topological polar surface area (TPSA) is 80.8 Å². The minimum Gasteiger partial charge on any atom is -0.465 e. The first kappa shape index (κ1) is 12.3. The lowest BCUT2D eigenvalue weighted by Gasteiger charge is -2.02. The summed E-state index contributed by atoms with van der Waals surface area (Å²) in [5, 5.41) is 0. The maximum Gasteiger partial charge on any atom is 0.337 e. The quantitative estimate of drug-likeness (QED) is 0.732. The molecule has 0 aliphatic heterocycles. The van der Waals surface area contributed by atoms with Gasteiger partial charge in [0.15, 0.2) is 5.65 Å². The minimum absolute atomic E-state index is 0.345. The first-order valence-corrected chi connectivity index (χ1v) is 6.08. The van der Waals surface area contributed by atoms with E-state index in [-0.39, 0.29) is 5.97 Å². The van der Waals surface area contributed by atoms with Crippen LogP contribution in [0.5, 0.6) is 0 Å². The summed E-state index contributed by atoms with van der Waals surface area (Å²) in [5.41, 5.74) is 2.94. The summed E-state index contributed by atoms with van der Waals surface area (Å²) in [6.07, 6.45) is 3.73. The van der Waals surface area contributed by atoms with Crippen molar-refractivity contribution in [3.8, 4) is 0 Å². The second kappa shape index (κ2) is 5.08. The maximum atomic E-state index is 11.5. The van der Waals surface area contributed by atoms with Gasteiger partial charge in [-0.15, -0.1) is 0 Å². The molecule has 1 aromatic carbocycles. The molecule has 0 saturated carbocycles. The molecule has 6 heteroatoms. The number of ether oxygens (including phenoxy) is 1. The van der Waals surface area contributed by atoms with Gasteiger partial charge in [0.05, 0.1) is 18.9 Å². The van der Waals surface area contributed by atoms with Crippen LogP contribution < -0.4 is 0 Å². The van der Waals surface area contributed by atoms with Crippen molar-refractivity contribution in [2.45, 2.75) is 6.42 Å². The van der Waals surface area contributed by atoms with Crippen molar-refractivity contribution in [1.29, 1.82) is 0 Å². The Morgan fingerprint density at radius 3 is 3.10 bits per heavy atom. The Balaban J connectivity index is 1.88.